The molecule has 0 rings (SSSR count). The zero-order valence-corrected chi connectivity index (χ0v) is 8.37. The molecule has 0 unspecified atom stereocenters. The van der Waals surface area contributed by atoms with Crippen LogP contribution in [0.2, 0.25) is 6.32 Å². The van der Waals surface area contributed by atoms with Gasteiger partial charge in [0.25, 0.3) is 0 Å². The molecule has 0 aromatic rings. The van der Waals surface area contributed by atoms with Gasteiger partial charge in [-0.25, -0.2) is 0 Å². The Morgan fingerprint density at radius 3 is 2.54 bits per heavy atom. The molecule has 0 saturated carbocycles. The van der Waals surface area contributed by atoms with Crippen molar-refractivity contribution in [1.82, 2.24) is 5.32 Å². The summed E-state index contributed by atoms with van der Waals surface area (Å²) in [6.45, 7) is 2.28. The van der Waals surface area contributed by atoms with Gasteiger partial charge in [-0.15, -0.1) is 0 Å². The zero-order valence-electron chi connectivity index (χ0n) is 8.37. The van der Waals surface area contributed by atoms with Gasteiger partial charge in [-0.1, -0.05) is 0 Å². The van der Waals surface area contributed by atoms with E-state index < -0.39 is 0 Å². The van der Waals surface area contributed by atoms with E-state index >= 15 is 0 Å². The number of hydrogen-bond donors (Lipinski definition) is 1. The maximum absolute atomic E-state index is 11.0. The fraction of sp³-hybridized carbons (Fsp3) is 0.875. The second-order valence-corrected chi connectivity index (χ2v) is 2.77. The number of hydrogen-bond acceptors (Lipinski definition) is 3. The fourth-order valence-electron chi connectivity index (χ4n) is 0.904. The minimum Gasteiger partial charge on any atom is -0.382 e. The molecule has 0 bridgehead atoms. The first kappa shape index (κ1) is 12.5. The van der Waals surface area contributed by atoms with Gasteiger partial charge in [0.2, 0.25) is 5.91 Å². The number of amides is 1. The van der Waals surface area contributed by atoms with Gasteiger partial charge in [-0.3, -0.25) is 4.79 Å². The van der Waals surface area contributed by atoms with Crippen molar-refractivity contribution in [2.75, 3.05) is 20.8 Å². The van der Waals surface area contributed by atoms with Gasteiger partial charge in [0, 0.05) is 14.2 Å². The summed E-state index contributed by atoms with van der Waals surface area (Å²) >= 11 is 0. The number of nitrogens with one attached hydrogen (secondary N) is 1. The van der Waals surface area contributed by atoms with E-state index in [1.807, 2.05) is 6.92 Å². The molecule has 0 heterocycles. The van der Waals surface area contributed by atoms with E-state index in [1.165, 1.54) is 0 Å². The Bertz CT molecular complexity index is 154. The van der Waals surface area contributed by atoms with E-state index in [0.717, 1.165) is 0 Å². The van der Waals surface area contributed by atoms with Crippen LogP contribution in [-0.4, -0.2) is 46.7 Å². The molecule has 0 fully saturated rings. The average molecular weight is 185 g/mol. The van der Waals surface area contributed by atoms with Crippen molar-refractivity contribution in [1.29, 1.82) is 0 Å². The van der Waals surface area contributed by atoms with Gasteiger partial charge < -0.3 is 14.8 Å². The van der Waals surface area contributed by atoms with Gasteiger partial charge in [-0.2, -0.15) is 0 Å². The lowest BCUT2D eigenvalue weighted by atomic mass is 10.0. The summed E-state index contributed by atoms with van der Waals surface area (Å²) in [5.41, 5.74) is 0. The normalized spacial score (nSPS) is 15.0. The third-order valence-electron chi connectivity index (χ3n) is 1.82. The Balaban J connectivity index is 4.00. The second kappa shape index (κ2) is 6.92. The summed E-state index contributed by atoms with van der Waals surface area (Å²) in [5, 5.41) is 2.70. The number of carbonyl (C=O) groups excluding carboxylic acids is 1. The first-order valence-electron chi connectivity index (χ1n) is 4.16. The van der Waals surface area contributed by atoms with E-state index in [2.05, 4.69) is 5.32 Å². The van der Waals surface area contributed by atoms with Crippen molar-refractivity contribution in [2.45, 2.75) is 25.4 Å². The Labute approximate surface area is 80.4 Å². The van der Waals surface area contributed by atoms with Crippen LogP contribution in [0.25, 0.3) is 0 Å². The molecule has 0 aliphatic carbocycles. The van der Waals surface area contributed by atoms with Crippen LogP contribution in [0.1, 0.15) is 6.92 Å². The zero-order chi connectivity index (χ0) is 10.3. The van der Waals surface area contributed by atoms with E-state index in [9.17, 15) is 4.79 Å². The second-order valence-electron chi connectivity index (χ2n) is 2.77. The molecule has 0 spiro atoms. The van der Waals surface area contributed by atoms with Gasteiger partial charge in [0.1, 0.15) is 0 Å². The van der Waals surface area contributed by atoms with E-state index in [1.54, 1.807) is 14.2 Å². The third-order valence-corrected chi connectivity index (χ3v) is 1.82. The van der Waals surface area contributed by atoms with Crippen LogP contribution in [0.15, 0.2) is 0 Å². The highest BCUT2D eigenvalue weighted by Crippen LogP contribution is 1.98. The first-order valence-corrected chi connectivity index (χ1v) is 4.16. The van der Waals surface area contributed by atoms with E-state index in [4.69, 9.17) is 17.3 Å². The first-order chi connectivity index (χ1) is 6.15. The third kappa shape index (κ3) is 4.90. The summed E-state index contributed by atoms with van der Waals surface area (Å²) in [7, 11) is 8.32. The average Bonchev–Trinajstić information content (AvgIpc) is 2.15. The molecule has 4 nitrogen and oxygen atoms in total. The minimum absolute atomic E-state index is 0.0172. The van der Waals surface area contributed by atoms with Crippen molar-refractivity contribution in [3.63, 3.8) is 0 Å². The fourth-order valence-corrected chi connectivity index (χ4v) is 0.904. The molecular formula is C8H16BNO3. The molecule has 1 amide bonds. The monoisotopic (exact) mass is 185 g/mol. The lowest BCUT2D eigenvalue weighted by molar-refractivity contribution is -0.121. The number of carbonyl (C=O) groups is 1. The SMILES string of the molecule is [B]CC(=O)N[C@H](COC)[C@@H](C)OC. The van der Waals surface area contributed by atoms with E-state index in [-0.39, 0.29) is 24.4 Å². The Morgan fingerprint density at radius 2 is 2.15 bits per heavy atom. The number of methoxy groups -OCH3 is 2. The molecule has 74 valence electrons. The maximum atomic E-state index is 11.0. The van der Waals surface area contributed by atoms with Crippen LogP contribution in [-0.2, 0) is 14.3 Å². The van der Waals surface area contributed by atoms with Crippen LogP contribution < -0.4 is 5.32 Å². The maximum Gasteiger partial charge on any atom is 0.211 e. The molecule has 2 radical (unpaired) electrons. The molecule has 0 saturated heterocycles. The molecule has 2 atom stereocenters. The highest BCUT2D eigenvalue weighted by Gasteiger charge is 2.17. The van der Waals surface area contributed by atoms with E-state index in [0.29, 0.717) is 6.61 Å². The van der Waals surface area contributed by atoms with Crippen molar-refractivity contribution in [3.05, 3.63) is 0 Å². The quantitative estimate of drug-likeness (QED) is 0.580. The summed E-state index contributed by atoms with van der Waals surface area (Å²) in [4.78, 5) is 11.0. The highest BCUT2D eigenvalue weighted by atomic mass is 16.5. The number of ether oxygens (including phenoxy) is 2. The standard InChI is InChI=1S/C8H16BNO3/c1-6(13-3)7(5-12-2)10-8(11)4-9/h6-7H,4-5H2,1-3H3,(H,10,11)/t6-,7-/m1/s1. The van der Waals surface area contributed by atoms with Gasteiger partial charge >= 0.3 is 0 Å². The highest BCUT2D eigenvalue weighted by molar-refractivity contribution is 6.19. The molecule has 5 heteroatoms. The lowest BCUT2D eigenvalue weighted by Gasteiger charge is -2.23. The largest absolute Gasteiger partial charge is 0.382 e. The Morgan fingerprint density at radius 1 is 1.54 bits per heavy atom. The molecule has 0 aliphatic heterocycles. The summed E-state index contributed by atoms with van der Waals surface area (Å²) in [6.07, 6.45) is -0.105. The lowest BCUT2D eigenvalue weighted by Crippen LogP contribution is -2.45. The molecular weight excluding hydrogens is 169 g/mol. The minimum atomic E-state index is -0.203. The predicted octanol–water partition coefficient (Wildman–Crippen LogP) is -0.261. The summed E-state index contributed by atoms with van der Waals surface area (Å²) in [6, 6.07) is -0.147. The predicted molar refractivity (Wildman–Crippen MR) is 50.8 cm³/mol. The molecule has 0 aromatic heterocycles. The summed E-state index contributed by atoms with van der Waals surface area (Å²) < 4.78 is 10.0. The molecule has 0 aromatic carbocycles. The van der Waals surface area contributed by atoms with Crippen LogP contribution in [0.3, 0.4) is 0 Å². The smallest absolute Gasteiger partial charge is 0.211 e. The number of rotatable bonds is 6. The van der Waals surface area contributed by atoms with Gasteiger partial charge in [-0.05, 0) is 13.2 Å². The Hall–Kier alpha value is -0.545. The van der Waals surface area contributed by atoms with Gasteiger partial charge in [0.05, 0.1) is 26.6 Å². The van der Waals surface area contributed by atoms with Crippen molar-refractivity contribution < 1.29 is 14.3 Å². The van der Waals surface area contributed by atoms with Crippen molar-refractivity contribution >= 4 is 13.8 Å². The molecule has 1 N–H and O–H groups in total. The Kier molecular flexibility index (Phi) is 6.63. The van der Waals surface area contributed by atoms with Crippen molar-refractivity contribution in [2.24, 2.45) is 0 Å². The van der Waals surface area contributed by atoms with Crippen LogP contribution in [0, 0.1) is 0 Å². The van der Waals surface area contributed by atoms with Crippen LogP contribution >= 0.6 is 0 Å². The molecule has 0 aliphatic rings. The summed E-state index contributed by atoms with van der Waals surface area (Å²) in [5.74, 6) is -0.203. The van der Waals surface area contributed by atoms with Crippen LogP contribution in [0.4, 0.5) is 0 Å². The topological polar surface area (TPSA) is 47.6 Å². The molecule has 13 heavy (non-hydrogen) atoms. The van der Waals surface area contributed by atoms with Crippen LogP contribution in [0.5, 0.6) is 0 Å². The van der Waals surface area contributed by atoms with Gasteiger partial charge in [0.15, 0.2) is 0 Å². The van der Waals surface area contributed by atoms with Crippen molar-refractivity contribution in [3.8, 4) is 0 Å².